The van der Waals surface area contributed by atoms with E-state index in [4.69, 9.17) is 34.7 Å². The molecule has 6 heteroatoms. The maximum absolute atomic E-state index is 6.06. The maximum atomic E-state index is 6.06. The summed E-state index contributed by atoms with van der Waals surface area (Å²) in [7, 11) is 0. The molecular weight excluding hydrogens is 259 g/mol. The molecule has 2 rings (SSSR count). The lowest BCUT2D eigenvalue weighted by atomic mass is 10.1. The Morgan fingerprint density at radius 1 is 1.24 bits per heavy atom. The summed E-state index contributed by atoms with van der Waals surface area (Å²) in [4.78, 5) is 8.09. The quantitative estimate of drug-likeness (QED) is 0.877. The fourth-order valence-electron chi connectivity index (χ4n) is 1.49. The van der Waals surface area contributed by atoms with Crippen LogP contribution in [0.5, 0.6) is 0 Å². The Labute approximate surface area is 109 Å². The van der Waals surface area contributed by atoms with E-state index in [1.807, 2.05) is 0 Å². The molecular formula is C11H10Cl2N4. The van der Waals surface area contributed by atoms with Gasteiger partial charge in [0.2, 0.25) is 0 Å². The monoisotopic (exact) mass is 268 g/mol. The second-order valence-corrected chi connectivity index (χ2v) is 4.32. The summed E-state index contributed by atoms with van der Waals surface area (Å²) < 4.78 is 0. The van der Waals surface area contributed by atoms with Crippen LogP contribution in [0.1, 0.15) is 17.3 Å². The fraction of sp³-hybridized carbons (Fsp3) is 0.0909. The first-order valence-corrected chi connectivity index (χ1v) is 5.62. The van der Waals surface area contributed by atoms with Gasteiger partial charge in [0.1, 0.15) is 5.82 Å². The number of nitrogen functional groups attached to an aromatic ring is 1. The van der Waals surface area contributed by atoms with Gasteiger partial charge in [-0.2, -0.15) is 0 Å². The normalized spacial score (nSPS) is 12.4. The Morgan fingerprint density at radius 2 is 2.00 bits per heavy atom. The molecule has 0 aromatic carbocycles. The molecule has 0 aliphatic rings. The minimum Gasteiger partial charge on any atom is -0.383 e. The molecule has 0 saturated carbocycles. The number of hydrogen-bond acceptors (Lipinski definition) is 4. The largest absolute Gasteiger partial charge is 0.383 e. The van der Waals surface area contributed by atoms with E-state index in [9.17, 15) is 0 Å². The van der Waals surface area contributed by atoms with Gasteiger partial charge in [-0.25, -0.2) is 4.98 Å². The van der Waals surface area contributed by atoms with E-state index in [1.165, 1.54) is 6.20 Å². The second kappa shape index (κ2) is 4.87. The van der Waals surface area contributed by atoms with Crippen LogP contribution in [0.4, 0.5) is 5.82 Å². The lowest BCUT2D eigenvalue weighted by molar-refractivity contribution is 0.827. The molecule has 0 amide bonds. The van der Waals surface area contributed by atoms with Crippen molar-refractivity contribution >= 4 is 29.0 Å². The molecule has 4 nitrogen and oxygen atoms in total. The highest BCUT2D eigenvalue weighted by Gasteiger charge is 2.17. The summed E-state index contributed by atoms with van der Waals surface area (Å²) in [6.45, 7) is 0. The third-order valence-corrected chi connectivity index (χ3v) is 2.86. The predicted molar refractivity (Wildman–Crippen MR) is 68.9 cm³/mol. The van der Waals surface area contributed by atoms with Crippen molar-refractivity contribution in [2.24, 2.45) is 5.73 Å². The van der Waals surface area contributed by atoms with E-state index < -0.39 is 6.04 Å². The number of halogens is 2. The van der Waals surface area contributed by atoms with Crippen LogP contribution in [0, 0.1) is 0 Å². The lowest BCUT2D eigenvalue weighted by Crippen LogP contribution is -2.16. The van der Waals surface area contributed by atoms with Gasteiger partial charge in [0.05, 0.1) is 21.8 Å². The Morgan fingerprint density at radius 3 is 2.71 bits per heavy atom. The van der Waals surface area contributed by atoms with Gasteiger partial charge >= 0.3 is 0 Å². The average Bonchev–Trinajstić information content (AvgIpc) is 2.32. The maximum Gasteiger partial charge on any atom is 0.128 e. The van der Waals surface area contributed by atoms with Gasteiger partial charge in [0.15, 0.2) is 0 Å². The molecule has 2 aromatic rings. The van der Waals surface area contributed by atoms with Crippen LogP contribution in [0.3, 0.4) is 0 Å². The minimum atomic E-state index is -0.546. The van der Waals surface area contributed by atoms with Crippen molar-refractivity contribution < 1.29 is 0 Å². The highest BCUT2D eigenvalue weighted by atomic mass is 35.5. The van der Waals surface area contributed by atoms with E-state index in [1.54, 1.807) is 24.4 Å². The van der Waals surface area contributed by atoms with Crippen molar-refractivity contribution in [1.29, 1.82) is 0 Å². The Hall–Kier alpha value is -1.36. The van der Waals surface area contributed by atoms with Gasteiger partial charge in [-0.3, -0.25) is 4.98 Å². The number of aromatic nitrogens is 2. The zero-order chi connectivity index (χ0) is 12.4. The summed E-state index contributed by atoms with van der Waals surface area (Å²) in [6, 6.07) is 4.57. The zero-order valence-corrected chi connectivity index (χ0v) is 10.3. The van der Waals surface area contributed by atoms with Crippen molar-refractivity contribution in [3.63, 3.8) is 0 Å². The summed E-state index contributed by atoms with van der Waals surface area (Å²) >= 11 is 11.9. The standard InChI is InChI=1S/C11H10Cl2N4/c12-6-4-7(11(15)17-5-6)9(14)10-8(13)2-1-3-16-10/h1-5,9H,14H2,(H2,15,17). The van der Waals surface area contributed by atoms with Gasteiger partial charge in [-0.1, -0.05) is 23.2 Å². The molecule has 1 atom stereocenters. The predicted octanol–water partition coefficient (Wildman–Crippen LogP) is 2.41. The van der Waals surface area contributed by atoms with Gasteiger partial charge in [0, 0.05) is 18.0 Å². The fourth-order valence-corrected chi connectivity index (χ4v) is 1.89. The first-order chi connectivity index (χ1) is 8.09. The van der Waals surface area contributed by atoms with Gasteiger partial charge < -0.3 is 11.5 Å². The molecule has 1 unspecified atom stereocenters. The third kappa shape index (κ3) is 2.49. The van der Waals surface area contributed by atoms with E-state index in [2.05, 4.69) is 9.97 Å². The second-order valence-electron chi connectivity index (χ2n) is 3.48. The van der Waals surface area contributed by atoms with Crippen LogP contribution in [0.15, 0.2) is 30.6 Å². The molecule has 0 radical (unpaired) electrons. The first kappa shape index (κ1) is 12.1. The van der Waals surface area contributed by atoms with E-state index in [0.29, 0.717) is 27.1 Å². The van der Waals surface area contributed by atoms with Crippen LogP contribution < -0.4 is 11.5 Å². The van der Waals surface area contributed by atoms with Crippen molar-refractivity contribution in [2.75, 3.05) is 5.73 Å². The van der Waals surface area contributed by atoms with E-state index in [0.717, 1.165) is 0 Å². The highest BCUT2D eigenvalue weighted by molar-refractivity contribution is 6.31. The van der Waals surface area contributed by atoms with Gasteiger partial charge in [-0.05, 0) is 18.2 Å². The molecule has 4 N–H and O–H groups in total. The summed E-state index contributed by atoms with van der Waals surface area (Å²) in [5.41, 5.74) is 13.0. The van der Waals surface area contributed by atoms with Crippen LogP contribution >= 0.6 is 23.2 Å². The summed E-state index contributed by atoms with van der Waals surface area (Å²) in [6.07, 6.45) is 3.09. The smallest absolute Gasteiger partial charge is 0.128 e. The Balaban J connectivity index is 2.47. The number of rotatable bonds is 2. The summed E-state index contributed by atoms with van der Waals surface area (Å²) in [5.74, 6) is 0.323. The van der Waals surface area contributed by atoms with Crippen molar-refractivity contribution in [1.82, 2.24) is 9.97 Å². The van der Waals surface area contributed by atoms with Gasteiger partial charge in [-0.15, -0.1) is 0 Å². The molecule has 17 heavy (non-hydrogen) atoms. The Kier molecular flexibility index (Phi) is 3.47. The number of pyridine rings is 2. The first-order valence-electron chi connectivity index (χ1n) is 4.86. The van der Waals surface area contributed by atoms with Crippen molar-refractivity contribution in [2.45, 2.75) is 6.04 Å². The van der Waals surface area contributed by atoms with Crippen molar-refractivity contribution in [3.8, 4) is 0 Å². The molecule has 0 bridgehead atoms. The topological polar surface area (TPSA) is 77.8 Å². The highest BCUT2D eigenvalue weighted by Crippen LogP contribution is 2.28. The number of hydrogen-bond donors (Lipinski definition) is 2. The van der Waals surface area contributed by atoms with Crippen LogP contribution in [-0.4, -0.2) is 9.97 Å². The Bertz CT molecular complexity index is 545. The molecule has 0 fully saturated rings. The number of nitrogens with two attached hydrogens (primary N) is 2. The lowest BCUT2D eigenvalue weighted by Gasteiger charge is -2.14. The molecule has 2 aromatic heterocycles. The van der Waals surface area contributed by atoms with Crippen LogP contribution in [0.2, 0.25) is 10.0 Å². The summed E-state index contributed by atoms with van der Waals surface area (Å²) in [5, 5.41) is 0.955. The molecule has 0 spiro atoms. The zero-order valence-electron chi connectivity index (χ0n) is 8.77. The minimum absolute atomic E-state index is 0.323. The number of anilines is 1. The molecule has 0 aliphatic carbocycles. The van der Waals surface area contributed by atoms with Crippen LogP contribution in [-0.2, 0) is 0 Å². The van der Waals surface area contributed by atoms with Crippen molar-refractivity contribution in [3.05, 3.63) is 51.9 Å². The molecule has 0 aliphatic heterocycles. The molecule has 0 saturated heterocycles. The third-order valence-electron chi connectivity index (χ3n) is 2.33. The molecule has 88 valence electrons. The van der Waals surface area contributed by atoms with Gasteiger partial charge in [0.25, 0.3) is 0 Å². The van der Waals surface area contributed by atoms with E-state index in [-0.39, 0.29) is 0 Å². The molecule has 2 heterocycles. The van der Waals surface area contributed by atoms with Crippen LogP contribution in [0.25, 0.3) is 0 Å². The number of nitrogens with zero attached hydrogens (tertiary/aromatic N) is 2. The van der Waals surface area contributed by atoms with E-state index >= 15 is 0 Å². The average molecular weight is 269 g/mol. The SMILES string of the molecule is Nc1ncc(Cl)cc1C(N)c1ncccc1Cl.